The van der Waals surface area contributed by atoms with E-state index in [4.69, 9.17) is 4.52 Å². The minimum absolute atomic E-state index is 0.0231. The maximum absolute atomic E-state index is 13.1. The van der Waals surface area contributed by atoms with Crippen LogP contribution in [0.1, 0.15) is 69.2 Å². The Balaban J connectivity index is 1.45. The molecule has 36 heavy (non-hydrogen) atoms. The van der Waals surface area contributed by atoms with Crippen molar-refractivity contribution in [1.29, 1.82) is 0 Å². The van der Waals surface area contributed by atoms with Crippen molar-refractivity contribution in [2.75, 3.05) is 10.6 Å². The molecule has 13 heteroatoms. The third-order valence-corrected chi connectivity index (χ3v) is 5.59. The number of rotatable bonds is 5. The van der Waals surface area contributed by atoms with Crippen LogP contribution in [-0.2, 0) is 17.4 Å². The maximum Gasteiger partial charge on any atom is 0.416 e. The molecule has 3 heterocycles. The van der Waals surface area contributed by atoms with Gasteiger partial charge in [0, 0.05) is 23.7 Å². The van der Waals surface area contributed by atoms with Gasteiger partial charge in [-0.25, -0.2) is 9.97 Å². The number of nitrogens with zero attached hydrogens (tertiary/aromatic N) is 3. The minimum atomic E-state index is -4.56. The van der Waals surface area contributed by atoms with Crippen LogP contribution in [0.5, 0.6) is 0 Å². The summed E-state index contributed by atoms with van der Waals surface area (Å²) in [7, 11) is 0. The molecular formula is C23H21F3N6O4. The van der Waals surface area contributed by atoms with Crippen LogP contribution in [0.25, 0.3) is 0 Å². The van der Waals surface area contributed by atoms with Gasteiger partial charge in [-0.1, -0.05) is 11.2 Å². The molecule has 2 aromatic heterocycles. The molecule has 10 nitrogen and oxygen atoms in total. The number of fused-ring (bicyclic) bond motifs is 1. The number of carbonyl (C=O) groups excluding carboxylic acids is 3. The Kier molecular flexibility index (Phi) is 6.73. The Labute approximate surface area is 202 Å². The molecule has 0 unspecified atom stereocenters. The van der Waals surface area contributed by atoms with Gasteiger partial charge >= 0.3 is 6.18 Å². The zero-order valence-electron chi connectivity index (χ0n) is 19.2. The van der Waals surface area contributed by atoms with Crippen LogP contribution in [0.2, 0.25) is 0 Å². The maximum atomic E-state index is 13.1. The first-order chi connectivity index (χ1) is 17.0. The summed E-state index contributed by atoms with van der Waals surface area (Å²) in [5, 5.41) is 11.5. The molecule has 3 N–H and O–H groups in total. The predicted molar refractivity (Wildman–Crippen MR) is 120 cm³/mol. The summed E-state index contributed by atoms with van der Waals surface area (Å²) in [5.74, 6) is -1.50. The van der Waals surface area contributed by atoms with Gasteiger partial charge in [-0.3, -0.25) is 14.4 Å². The normalized spacial score (nSPS) is 14.3. The van der Waals surface area contributed by atoms with Crippen molar-refractivity contribution in [3.63, 3.8) is 0 Å². The van der Waals surface area contributed by atoms with E-state index in [9.17, 15) is 27.6 Å². The molecule has 0 radical (unpaired) electrons. The third kappa shape index (κ3) is 5.34. The van der Waals surface area contributed by atoms with E-state index in [0.717, 1.165) is 6.07 Å². The molecule has 4 rings (SSSR count). The average Bonchev–Trinajstić information content (AvgIpc) is 3.23. The molecule has 1 aromatic carbocycles. The van der Waals surface area contributed by atoms with E-state index < -0.39 is 29.6 Å². The largest absolute Gasteiger partial charge is 0.416 e. The highest BCUT2D eigenvalue weighted by Crippen LogP contribution is 2.33. The third-order valence-electron chi connectivity index (χ3n) is 5.59. The van der Waals surface area contributed by atoms with Gasteiger partial charge in [0.1, 0.15) is 23.5 Å². The van der Waals surface area contributed by atoms with Crippen LogP contribution in [0, 0.1) is 6.92 Å². The summed E-state index contributed by atoms with van der Waals surface area (Å²) in [6.45, 7) is 2.93. The molecule has 0 saturated carbocycles. The van der Waals surface area contributed by atoms with Crippen molar-refractivity contribution in [2.24, 2.45) is 0 Å². The number of hydrogen-bond acceptors (Lipinski definition) is 7. The molecule has 3 aromatic rings. The summed E-state index contributed by atoms with van der Waals surface area (Å²) in [6.07, 6.45) is -2.11. The number of amides is 3. The van der Waals surface area contributed by atoms with Crippen molar-refractivity contribution in [3.05, 3.63) is 64.4 Å². The highest BCUT2D eigenvalue weighted by molar-refractivity contribution is 6.02. The standard InChI is InChI=1S/C23H21F3N6O4/c1-11-6-7-13(8-15(11)23(24,25)26)30-21(34)17-9-16(32-36-17)12(2)29-22(35)19-14-4-3-5-18(33)31-20(14)28-10-27-19/h6-10,12H,3-5H2,1-2H3,(H,29,35)(H,30,34)(H,27,28,31,33)/t12-/m0/s1. The number of benzene rings is 1. The van der Waals surface area contributed by atoms with Crippen LogP contribution < -0.4 is 16.0 Å². The van der Waals surface area contributed by atoms with Crippen LogP contribution in [0.4, 0.5) is 24.7 Å². The summed E-state index contributed by atoms with van der Waals surface area (Å²) in [6, 6.07) is 4.00. The van der Waals surface area contributed by atoms with Gasteiger partial charge in [0.2, 0.25) is 11.7 Å². The lowest BCUT2D eigenvalue weighted by Crippen LogP contribution is -2.29. The van der Waals surface area contributed by atoms with Gasteiger partial charge in [0.05, 0.1) is 11.6 Å². The van der Waals surface area contributed by atoms with E-state index in [2.05, 4.69) is 31.1 Å². The molecule has 3 amide bonds. The fourth-order valence-corrected chi connectivity index (χ4v) is 3.71. The summed E-state index contributed by atoms with van der Waals surface area (Å²) in [4.78, 5) is 45.2. The molecule has 0 bridgehead atoms. The first-order valence-corrected chi connectivity index (χ1v) is 10.9. The smallest absolute Gasteiger partial charge is 0.351 e. The lowest BCUT2D eigenvalue weighted by Gasteiger charge is -2.13. The van der Waals surface area contributed by atoms with Gasteiger partial charge in [0.15, 0.2) is 0 Å². The second-order valence-corrected chi connectivity index (χ2v) is 8.24. The summed E-state index contributed by atoms with van der Waals surface area (Å²) >= 11 is 0. The lowest BCUT2D eigenvalue weighted by atomic mass is 10.1. The quantitative estimate of drug-likeness (QED) is 0.482. The van der Waals surface area contributed by atoms with E-state index in [1.807, 2.05) is 0 Å². The molecule has 188 valence electrons. The topological polar surface area (TPSA) is 139 Å². The van der Waals surface area contributed by atoms with E-state index in [-0.39, 0.29) is 40.1 Å². The fourth-order valence-electron chi connectivity index (χ4n) is 3.71. The predicted octanol–water partition coefficient (Wildman–Crippen LogP) is 3.81. The second kappa shape index (κ2) is 9.76. The van der Waals surface area contributed by atoms with Crippen LogP contribution >= 0.6 is 0 Å². The zero-order valence-corrected chi connectivity index (χ0v) is 19.2. The van der Waals surface area contributed by atoms with E-state index in [1.165, 1.54) is 31.5 Å². The summed E-state index contributed by atoms with van der Waals surface area (Å²) in [5.41, 5.74) is -0.0670. The van der Waals surface area contributed by atoms with Crippen molar-refractivity contribution < 1.29 is 32.1 Å². The van der Waals surface area contributed by atoms with Crippen LogP contribution in [0.3, 0.4) is 0 Å². The second-order valence-electron chi connectivity index (χ2n) is 8.24. The van der Waals surface area contributed by atoms with Crippen molar-refractivity contribution in [1.82, 2.24) is 20.4 Å². The molecule has 0 spiro atoms. The Morgan fingerprint density at radius 3 is 2.67 bits per heavy atom. The first kappa shape index (κ1) is 24.8. The van der Waals surface area contributed by atoms with E-state index in [1.54, 1.807) is 6.92 Å². The number of aromatic nitrogens is 3. The van der Waals surface area contributed by atoms with Gasteiger partial charge in [0.25, 0.3) is 11.8 Å². The first-order valence-electron chi connectivity index (χ1n) is 10.9. The molecule has 0 saturated heterocycles. The van der Waals surface area contributed by atoms with Gasteiger partial charge in [-0.15, -0.1) is 0 Å². The van der Waals surface area contributed by atoms with Gasteiger partial charge in [-0.2, -0.15) is 13.2 Å². The van der Waals surface area contributed by atoms with Crippen LogP contribution in [-0.4, -0.2) is 32.8 Å². The van der Waals surface area contributed by atoms with Gasteiger partial charge in [-0.05, 0) is 44.4 Å². The average molecular weight is 502 g/mol. The molecule has 1 aliphatic rings. The number of carbonyl (C=O) groups is 3. The number of anilines is 2. The monoisotopic (exact) mass is 502 g/mol. The van der Waals surface area contributed by atoms with Crippen molar-refractivity contribution in [3.8, 4) is 0 Å². The lowest BCUT2D eigenvalue weighted by molar-refractivity contribution is -0.138. The number of halogens is 3. The Bertz CT molecular complexity index is 1340. The number of aryl methyl sites for hydroxylation is 1. The zero-order chi connectivity index (χ0) is 26.0. The Hall–Kier alpha value is -4.29. The highest BCUT2D eigenvalue weighted by Gasteiger charge is 2.32. The number of nitrogens with one attached hydrogen (secondary N) is 3. The van der Waals surface area contributed by atoms with Gasteiger partial charge < -0.3 is 20.5 Å². The SMILES string of the molecule is Cc1ccc(NC(=O)c2cc([C@H](C)NC(=O)c3ncnc4c3CCCC(=O)N4)no2)cc1C(F)(F)F. The molecule has 0 fully saturated rings. The fraction of sp³-hybridized carbons (Fsp3) is 0.304. The van der Waals surface area contributed by atoms with Crippen molar-refractivity contribution in [2.45, 2.75) is 45.3 Å². The Morgan fingerprint density at radius 2 is 1.92 bits per heavy atom. The van der Waals surface area contributed by atoms with E-state index in [0.29, 0.717) is 24.8 Å². The molecule has 0 aliphatic carbocycles. The van der Waals surface area contributed by atoms with Crippen molar-refractivity contribution >= 4 is 29.2 Å². The number of alkyl halides is 3. The highest BCUT2D eigenvalue weighted by atomic mass is 19.4. The number of hydrogen-bond donors (Lipinski definition) is 3. The van der Waals surface area contributed by atoms with E-state index >= 15 is 0 Å². The summed E-state index contributed by atoms with van der Waals surface area (Å²) < 4.78 is 44.4. The van der Waals surface area contributed by atoms with Crippen LogP contribution in [0.15, 0.2) is 35.1 Å². The minimum Gasteiger partial charge on any atom is -0.351 e. The molecule has 1 atom stereocenters. The Morgan fingerprint density at radius 1 is 1.14 bits per heavy atom. The molecular weight excluding hydrogens is 481 g/mol. The molecule has 1 aliphatic heterocycles.